The van der Waals surface area contributed by atoms with E-state index in [1.54, 1.807) is 29.6 Å². The lowest BCUT2D eigenvalue weighted by atomic mass is 10.1. The number of rotatable bonds is 5. The van der Waals surface area contributed by atoms with Gasteiger partial charge in [0.15, 0.2) is 0 Å². The molecule has 0 saturated carbocycles. The molecule has 2 amide bonds. The Kier molecular flexibility index (Phi) is 6.39. The molecule has 1 fully saturated rings. The lowest BCUT2D eigenvalue weighted by Crippen LogP contribution is -2.46. The number of halogens is 1. The Bertz CT molecular complexity index is 969. The van der Waals surface area contributed by atoms with Crippen molar-refractivity contribution in [2.45, 2.75) is 18.9 Å². The van der Waals surface area contributed by atoms with Gasteiger partial charge in [-0.1, -0.05) is 17.7 Å². The lowest BCUT2D eigenvalue weighted by Gasteiger charge is -2.30. The van der Waals surface area contributed by atoms with Crippen LogP contribution in [0, 0.1) is 0 Å². The van der Waals surface area contributed by atoms with E-state index >= 15 is 0 Å². The number of benzene rings is 1. The fraction of sp³-hybridized carbons (Fsp3) is 0.333. The van der Waals surface area contributed by atoms with E-state index in [9.17, 15) is 18.0 Å². The van der Waals surface area contributed by atoms with E-state index in [4.69, 9.17) is 11.6 Å². The Hall–Kier alpha value is -1.94. The molecule has 1 aliphatic rings. The molecule has 0 unspecified atom stereocenters. The van der Waals surface area contributed by atoms with Crippen LogP contribution in [0.3, 0.4) is 0 Å². The van der Waals surface area contributed by atoms with Gasteiger partial charge in [-0.3, -0.25) is 9.59 Å². The summed E-state index contributed by atoms with van der Waals surface area (Å²) in [6.45, 7) is 0.763. The van der Waals surface area contributed by atoms with E-state index in [1.807, 2.05) is 0 Å². The molecule has 2 aromatic rings. The molecule has 2 N–H and O–H groups in total. The molecule has 150 valence electrons. The predicted molar refractivity (Wildman–Crippen MR) is 111 cm³/mol. The number of anilines is 1. The Balaban J connectivity index is 1.64. The van der Waals surface area contributed by atoms with Crippen LogP contribution in [0.1, 0.15) is 32.9 Å². The van der Waals surface area contributed by atoms with Gasteiger partial charge >= 0.3 is 0 Å². The van der Waals surface area contributed by atoms with Crippen LogP contribution in [0.5, 0.6) is 0 Å². The summed E-state index contributed by atoms with van der Waals surface area (Å²) in [7, 11) is -3.20. The summed E-state index contributed by atoms with van der Waals surface area (Å²) >= 11 is 7.46. The van der Waals surface area contributed by atoms with Crippen LogP contribution in [0.25, 0.3) is 0 Å². The first kappa shape index (κ1) is 20.8. The maximum atomic E-state index is 12.6. The van der Waals surface area contributed by atoms with Gasteiger partial charge in [0.25, 0.3) is 11.8 Å². The molecule has 0 aliphatic carbocycles. The van der Waals surface area contributed by atoms with Gasteiger partial charge in [-0.05, 0) is 42.5 Å². The summed E-state index contributed by atoms with van der Waals surface area (Å²) in [4.78, 5) is 25.3. The second-order valence-electron chi connectivity index (χ2n) is 6.54. The first-order valence-corrected chi connectivity index (χ1v) is 11.7. The van der Waals surface area contributed by atoms with Crippen LogP contribution in [0.15, 0.2) is 35.7 Å². The molecule has 3 rings (SSSR count). The van der Waals surface area contributed by atoms with Crippen LogP contribution in [-0.2, 0) is 10.0 Å². The number of amides is 2. The molecule has 1 saturated heterocycles. The van der Waals surface area contributed by atoms with Crippen molar-refractivity contribution in [3.8, 4) is 0 Å². The number of thiophene rings is 1. The highest BCUT2D eigenvalue weighted by Gasteiger charge is 2.26. The van der Waals surface area contributed by atoms with Crippen LogP contribution in [0.2, 0.25) is 5.02 Å². The zero-order chi connectivity index (χ0) is 20.3. The number of piperidine rings is 1. The molecule has 1 aromatic heterocycles. The van der Waals surface area contributed by atoms with E-state index in [0.717, 1.165) is 0 Å². The van der Waals surface area contributed by atoms with Crippen molar-refractivity contribution < 1.29 is 18.0 Å². The molecule has 1 aliphatic heterocycles. The topological polar surface area (TPSA) is 95.6 Å². The third kappa shape index (κ3) is 5.11. The Morgan fingerprint density at radius 3 is 2.50 bits per heavy atom. The van der Waals surface area contributed by atoms with Gasteiger partial charge in [0.05, 0.1) is 21.8 Å². The van der Waals surface area contributed by atoms with Crippen molar-refractivity contribution in [1.82, 2.24) is 9.62 Å². The third-order valence-electron chi connectivity index (χ3n) is 4.48. The highest BCUT2D eigenvalue weighted by molar-refractivity contribution is 7.88. The van der Waals surface area contributed by atoms with Gasteiger partial charge < -0.3 is 10.6 Å². The van der Waals surface area contributed by atoms with Gasteiger partial charge in [-0.15, -0.1) is 11.3 Å². The maximum Gasteiger partial charge on any atom is 0.265 e. The second kappa shape index (κ2) is 8.60. The summed E-state index contributed by atoms with van der Waals surface area (Å²) in [6.07, 6.45) is 2.29. The number of nitrogens with one attached hydrogen (secondary N) is 2. The molecule has 10 heteroatoms. The van der Waals surface area contributed by atoms with E-state index < -0.39 is 10.0 Å². The zero-order valence-corrected chi connectivity index (χ0v) is 17.5. The molecule has 7 nitrogen and oxygen atoms in total. The first-order chi connectivity index (χ1) is 13.2. The monoisotopic (exact) mass is 441 g/mol. The van der Waals surface area contributed by atoms with Crippen molar-refractivity contribution in [2.24, 2.45) is 0 Å². The molecule has 2 heterocycles. The largest absolute Gasteiger partial charge is 0.349 e. The highest BCUT2D eigenvalue weighted by Crippen LogP contribution is 2.25. The number of carbonyl (C=O) groups is 2. The minimum Gasteiger partial charge on any atom is -0.349 e. The van der Waals surface area contributed by atoms with Crippen molar-refractivity contribution in [3.63, 3.8) is 0 Å². The predicted octanol–water partition coefficient (Wildman–Crippen LogP) is 2.81. The number of hydrogen-bond acceptors (Lipinski definition) is 5. The minimum atomic E-state index is -3.20. The minimum absolute atomic E-state index is 0.106. The molecule has 0 atom stereocenters. The van der Waals surface area contributed by atoms with Gasteiger partial charge in [-0.25, -0.2) is 12.7 Å². The average Bonchev–Trinajstić information content (AvgIpc) is 3.18. The van der Waals surface area contributed by atoms with E-state index in [1.165, 1.54) is 28.0 Å². The van der Waals surface area contributed by atoms with E-state index in [-0.39, 0.29) is 17.9 Å². The average molecular weight is 442 g/mol. The Labute approximate surface area is 172 Å². The lowest BCUT2D eigenvalue weighted by molar-refractivity contribution is 0.0923. The van der Waals surface area contributed by atoms with Crippen molar-refractivity contribution in [3.05, 3.63) is 51.2 Å². The molecular formula is C18H20ClN3O4S2. The van der Waals surface area contributed by atoms with Crippen LogP contribution >= 0.6 is 22.9 Å². The number of carbonyl (C=O) groups excluding carboxylic acids is 2. The fourth-order valence-corrected chi connectivity index (χ4v) is 4.61. The van der Waals surface area contributed by atoms with Gasteiger partial charge in [0.2, 0.25) is 10.0 Å². The van der Waals surface area contributed by atoms with Crippen LogP contribution in [0.4, 0.5) is 5.69 Å². The second-order valence-corrected chi connectivity index (χ2v) is 9.87. The Morgan fingerprint density at radius 1 is 1.18 bits per heavy atom. The maximum absolute atomic E-state index is 12.6. The SMILES string of the molecule is CS(=O)(=O)N1CCC(NC(=O)c2ccc(Cl)c(NC(=O)c3cccs3)c2)CC1. The molecule has 0 radical (unpaired) electrons. The fourth-order valence-electron chi connectivity index (χ4n) is 2.95. The normalized spacial score (nSPS) is 15.9. The highest BCUT2D eigenvalue weighted by atomic mass is 35.5. The van der Waals surface area contributed by atoms with E-state index in [0.29, 0.717) is 47.1 Å². The molecule has 1 aromatic carbocycles. The summed E-state index contributed by atoms with van der Waals surface area (Å²) in [5.41, 5.74) is 0.732. The van der Waals surface area contributed by atoms with Crippen LogP contribution < -0.4 is 10.6 Å². The first-order valence-electron chi connectivity index (χ1n) is 8.64. The summed E-state index contributed by atoms with van der Waals surface area (Å²) in [6, 6.07) is 8.06. The van der Waals surface area contributed by atoms with Crippen molar-refractivity contribution in [2.75, 3.05) is 24.7 Å². The zero-order valence-electron chi connectivity index (χ0n) is 15.1. The Morgan fingerprint density at radius 2 is 1.89 bits per heavy atom. The molecule has 28 heavy (non-hydrogen) atoms. The van der Waals surface area contributed by atoms with Gasteiger partial charge in [0, 0.05) is 24.7 Å². The molecule has 0 spiro atoms. The van der Waals surface area contributed by atoms with Gasteiger partial charge in [0.1, 0.15) is 0 Å². The van der Waals surface area contributed by atoms with Crippen molar-refractivity contribution >= 4 is 50.5 Å². The van der Waals surface area contributed by atoms with Gasteiger partial charge in [-0.2, -0.15) is 0 Å². The standard InChI is InChI=1S/C18H20ClN3O4S2/c1-28(25,26)22-8-6-13(7-9-22)20-17(23)12-4-5-14(19)15(11-12)21-18(24)16-3-2-10-27-16/h2-5,10-11,13H,6-9H2,1H3,(H,20,23)(H,21,24). The number of nitrogens with zero attached hydrogens (tertiary/aromatic N) is 1. The smallest absolute Gasteiger partial charge is 0.265 e. The summed E-state index contributed by atoms with van der Waals surface area (Å²) in [5.74, 6) is -0.580. The van der Waals surface area contributed by atoms with Crippen LogP contribution in [-0.4, -0.2) is 49.9 Å². The summed E-state index contributed by atoms with van der Waals surface area (Å²) < 4.78 is 24.6. The quantitative estimate of drug-likeness (QED) is 0.745. The number of hydrogen-bond donors (Lipinski definition) is 2. The molecule has 0 bridgehead atoms. The van der Waals surface area contributed by atoms with Crippen molar-refractivity contribution in [1.29, 1.82) is 0 Å². The summed E-state index contributed by atoms with van der Waals surface area (Å²) in [5, 5.41) is 7.78. The number of sulfonamides is 1. The third-order valence-corrected chi connectivity index (χ3v) is 6.98. The molecular weight excluding hydrogens is 422 g/mol. The van der Waals surface area contributed by atoms with E-state index in [2.05, 4.69) is 10.6 Å².